The molecule has 1 atom stereocenters. The first-order chi connectivity index (χ1) is 6.00. The van der Waals surface area contributed by atoms with Crippen LogP contribution < -0.4 is 5.73 Å². The van der Waals surface area contributed by atoms with Crippen LogP contribution in [0.2, 0.25) is 0 Å². The van der Waals surface area contributed by atoms with E-state index in [9.17, 15) is 0 Å². The molecular formula is C10H19N3. The van der Waals surface area contributed by atoms with Crippen molar-refractivity contribution in [3.63, 3.8) is 0 Å². The number of anilines is 1. The number of aryl methyl sites for hydroxylation is 1. The lowest BCUT2D eigenvalue weighted by atomic mass is 10.1. The van der Waals surface area contributed by atoms with Gasteiger partial charge in [-0.2, -0.15) is 0 Å². The molecule has 1 aromatic rings. The largest absolute Gasteiger partial charge is 0.369 e. The molecule has 0 saturated heterocycles. The summed E-state index contributed by atoms with van der Waals surface area (Å²) in [7, 11) is 0. The minimum Gasteiger partial charge on any atom is -0.369 e. The lowest BCUT2D eigenvalue weighted by Crippen LogP contribution is -2.10. The van der Waals surface area contributed by atoms with Crippen molar-refractivity contribution >= 4 is 5.95 Å². The van der Waals surface area contributed by atoms with Gasteiger partial charge in [0.15, 0.2) is 0 Å². The van der Waals surface area contributed by atoms with Gasteiger partial charge in [0.25, 0.3) is 0 Å². The van der Waals surface area contributed by atoms with E-state index in [1.807, 2.05) is 13.1 Å². The van der Waals surface area contributed by atoms with E-state index in [0.29, 0.717) is 17.9 Å². The summed E-state index contributed by atoms with van der Waals surface area (Å²) in [5.41, 5.74) is 6.76. The van der Waals surface area contributed by atoms with Crippen LogP contribution in [0.4, 0.5) is 5.95 Å². The van der Waals surface area contributed by atoms with Crippen molar-refractivity contribution < 1.29 is 0 Å². The van der Waals surface area contributed by atoms with E-state index in [-0.39, 0.29) is 0 Å². The molecule has 0 bridgehead atoms. The fraction of sp³-hybridized carbons (Fsp3) is 0.700. The van der Waals surface area contributed by atoms with Crippen molar-refractivity contribution in [2.75, 3.05) is 5.73 Å². The molecule has 1 rings (SSSR count). The van der Waals surface area contributed by atoms with Crippen LogP contribution in [-0.2, 0) is 0 Å². The summed E-state index contributed by atoms with van der Waals surface area (Å²) in [5, 5.41) is 0. The Labute approximate surface area is 80.0 Å². The van der Waals surface area contributed by atoms with Crippen LogP contribution in [0.25, 0.3) is 0 Å². The van der Waals surface area contributed by atoms with Crippen LogP contribution in [0.1, 0.15) is 38.9 Å². The molecule has 0 amide bonds. The van der Waals surface area contributed by atoms with Crippen LogP contribution in [0.3, 0.4) is 0 Å². The standard InChI is InChI=1S/C10H19N3/c1-7(2)5-9(4)13-6-8(3)12-10(13)11/h6-7,9H,5H2,1-4H3,(H2,11,12). The number of nitrogens with zero attached hydrogens (tertiary/aromatic N) is 2. The highest BCUT2D eigenvalue weighted by molar-refractivity contribution is 5.22. The van der Waals surface area contributed by atoms with Gasteiger partial charge < -0.3 is 10.3 Å². The van der Waals surface area contributed by atoms with E-state index >= 15 is 0 Å². The summed E-state index contributed by atoms with van der Waals surface area (Å²) in [5.74, 6) is 1.32. The zero-order valence-corrected chi connectivity index (χ0v) is 8.91. The molecule has 0 saturated carbocycles. The molecule has 0 spiro atoms. The van der Waals surface area contributed by atoms with Crippen molar-refractivity contribution in [2.24, 2.45) is 5.92 Å². The van der Waals surface area contributed by atoms with Gasteiger partial charge in [-0.15, -0.1) is 0 Å². The van der Waals surface area contributed by atoms with Gasteiger partial charge in [-0.1, -0.05) is 13.8 Å². The topological polar surface area (TPSA) is 43.8 Å². The average Bonchev–Trinajstić information content (AvgIpc) is 2.28. The second-order valence-corrected chi connectivity index (χ2v) is 4.13. The van der Waals surface area contributed by atoms with Crippen LogP contribution in [-0.4, -0.2) is 9.55 Å². The third kappa shape index (κ3) is 2.47. The summed E-state index contributed by atoms with van der Waals surface area (Å²) in [4.78, 5) is 4.18. The zero-order valence-electron chi connectivity index (χ0n) is 8.91. The predicted octanol–water partition coefficient (Wildman–Crippen LogP) is 2.38. The molecule has 0 radical (unpaired) electrons. The van der Waals surface area contributed by atoms with Crippen molar-refractivity contribution in [2.45, 2.75) is 40.2 Å². The first-order valence-corrected chi connectivity index (χ1v) is 4.81. The first-order valence-electron chi connectivity index (χ1n) is 4.81. The number of nitrogens with two attached hydrogens (primary N) is 1. The summed E-state index contributed by atoms with van der Waals surface area (Å²) < 4.78 is 2.05. The molecule has 3 nitrogen and oxygen atoms in total. The Hall–Kier alpha value is -0.990. The fourth-order valence-corrected chi connectivity index (χ4v) is 1.68. The maximum atomic E-state index is 5.77. The monoisotopic (exact) mass is 181 g/mol. The van der Waals surface area contributed by atoms with E-state index < -0.39 is 0 Å². The van der Waals surface area contributed by atoms with Crippen LogP contribution in [0, 0.1) is 12.8 Å². The van der Waals surface area contributed by atoms with Crippen molar-refractivity contribution in [3.05, 3.63) is 11.9 Å². The predicted molar refractivity (Wildman–Crippen MR) is 55.5 cm³/mol. The third-order valence-corrected chi connectivity index (χ3v) is 2.17. The summed E-state index contributed by atoms with van der Waals surface area (Å²) >= 11 is 0. The number of aromatic nitrogens is 2. The van der Waals surface area contributed by atoms with E-state index in [0.717, 1.165) is 12.1 Å². The van der Waals surface area contributed by atoms with Crippen LogP contribution >= 0.6 is 0 Å². The smallest absolute Gasteiger partial charge is 0.200 e. The molecule has 1 unspecified atom stereocenters. The van der Waals surface area contributed by atoms with Crippen LogP contribution in [0.15, 0.2) is 6.20 Å². The Morgan fingerprint density at radius 3 is 2.46 bits per heavy atom. The van der Waals surface area contributed by atoms with E-state index in [2.05, 4.69) is 30.3 Å². The summed E-state index contributed by atoms with van der Waals surface area (Å²) in [6, 6.07) is 0.446. The van der Waals surface area contributed by atoms with E-state index in [1.165, 1.54) is 0 Å². The molecule has 1 aromatic heterocycles. The van der Waals surface area contributed by atoms with Crippen molar-refractivity contribution in [1.29, 1.82) is 0 Å². The molecule has 1 heterocycles. The molecule has 0 aromatic carbocycles. The molecule has 3 heteroatoms. The Morgan fingerprint density at radius 1 is 1.46 bits per heavy atom. The molecule has 0 aliphatic carbocycles. The SMILES string of the molecule is Cc1cn(C(C)CC(C)C)c(N)n1. The number of rotatable bonds is 3. The van der Waals surface area contributed by atoms with Gasteiger partial charge in [0.05, 0.1) is 5.69 Å². The van der Waals surface area contributed by atoms with Crippen molar-refractivity contribution in [3.8, 4) is 0 Å². The number of hydrogen-bond donors (Lipinski definition) is 1. The Kier molecular flexibility index (Phi) is 2.96. The van der Waals surface area contributed by atoms with Gasteiger partial charge in [0, 0.05) is 12.2 Å². The highest BCUT2D eigenvalue weighted by atomic mass is 15.2. The zero-order chi connectivity index (χ0) is 10.0. The second kappa shape index (κ2) is 3.81. The highest BCUT2D eigenvalue weighted by Crippen LogP contribution is 2.20. The number of imidazole rings is 1. The minimum atomic E-state index is 0.446. The van der Waals surface area contributed by atoms with Gasteiger partial charge in [0.1, 0.15) is 0 Å². The molecule has 74 valence electrons. The minimum absolute atomic E-state index is 0.446. The molecule has 0 aliphatic heterocycles. The first kappa shape index (κ1) is 10.1. The fourth-order valence-electron chi connectivity index (χ4n) is 1.68. The van der Waals surface area contributed by atoms with Gasteiger partial charge in [-0.25, -0.2) is 4.98 Å². The summed E-state index contributed by atoms with van der Waals surface area (Å²) in [6.07, 6.45) is 3.16. The molecule has 0 fully saturated rings. The maximum absolute atomic E-state index is 5.77. The third-order valence-electron chi connectivity index (χ3n) is 2.17. The number of nitrogen functional groups attached to an aromatic ring is 1. The maximum Gasteiger partial charge on any atom is 0.200 e. The summed E-state index contributed by atoms with van der Waals surface area (Å²) in [6.45, 7) is 8.58. The van der Waals surface area contributed by atoms with E-state index in [1.54, 1.807) is 0 Å². The molecule has 0 aliphatic rings. The second-order valence-electron chi connectivity index (χ2n) is 4.13. The average molecular weight is 181 g/mol. The quantitative estimate of drug-likeness (QED) is 0.778. The lowest BCUT2D eigenvalue weighted by molar-refractivity contribution is 0.431. The Bertz CT molecular complexity index is 276. The van der Waals surface area contributed by atoms with Gasteiger partial charge in [0.2, 0.25) is 5.95 Å². The van der Waals surface area contributed by atoms with Gasteiger partial charge in [-0.3, -0.25) is 0 Å². The molecule has 2 N–H and O–H groups in total. The van der Waals surface area contributed by atoms with E-state index in [4.69, 9.17) is 5.73 Å². The van der Waals surface area contributed by atoms with Crippen LogP contribution in [0.5, 0.6) is 0 Å². The molecular weight excluding hydrogens is 162 g/mol. The normalized spacial score (nSPS) is 13.6. The number of hydrogen-bond acceptors (Lipinski definition) is 2. The highest BCUT2D eigenvalue weighted by Gasteiger charge is 2.10. The Morgan fingerprint density at radius 2 is 2.08 bits per heavy atom. The van der Waals surface area contributed by atoms with Gasteiger partial charge >= 0.3 is 0 Å². The van der Waals surface area contributed by atoms with Gasteiger partial charge in [-0.05, 0) is 26.2 Å². The Balaban J connectivity index is 2.76. The molecule has 13 heavy (non-hydrogen) atoms. The lowest BCUT2D eigenvalue weighted by Gasteiger charge is -2.16. The van der Waals surface area contributed by atoms with Crippen molar-refractivity contribution in [1.82, 2.24) is 9.55 Å².